The molecular formula is C22H27ClN2O2S. The molecule has 0 saturated heterocycles. The Morgan fingerprint density at radius 2 is 1.82 bits per heavy atom. The number of amides is 2. The van der Waals surface area contributed by atoms with Gasteiger partial charge in [-0.3, -0.25) is 9.59 Å². The number of thioether (sulfide) groups is 1. The van der Waals surface area contributed by atoms with Gasteiger partial charge in [0.05, 0.1) is 5.75 Å². The van der Waals surface area contributed by atoms with Crippen LogP contribution in [0.5, 0.6) is 0 Å². The third-order valence-corrected chi connectivity index (χ3v) is 5.75. The van der Waals surface area contributed by atoms with Crippen molar-refractivity contribution >= 4 is 35.2 Å². The standard InChI is InChI=1S/C22H27ClN2O2S/c1-4-24-22(27)17(3)25(13-18-9-11-20(23)12-10-18)21(26)15-28-14-19-8-6-5-7-16(19)2/h5-12,17H,4,13-15H2,1-3H3,(H,24,27)/t17-/m1/s1. The monoisotopic (exact) mass is 418 g/mol. The van der Waals surface area contributed by atoms with Gasteiger partial charge in [0.25, 0.3) is 0 Å². The summed E-state index contributed by atoms with van der Waals surface area (Å²) in [5, 5.41) is 3.45. The molecule has 4 nitrogen and oxygen atoms in total. The van der Waals surface area contributed by atoms with Crippen molar-refractivity contribution in [1.29, 1.82) is 0 Å². The Morgan fingerprint density at radius 1 is 1.14 bits per heavy atom. The van der Waals surface area contributed by atoms with E-state index in [1.54, 1.807) is 35.7 Å². The van der Waals surface area contributed by atoms with Crippen molar-refractivity contribution in [2.24, 2.45) is 0 Å². The molecule has 0 aliphatic heterocycles. The Bertz CT molecular complexity index is 795. The molecular weight excluding hydrogens is 392 g/mol. The highest BCUT2D eigenvalue weighted by Crippen LogP contribution is 2.19. The van der Waals surface area contributed by atoms with Crippen LogP contribution in [0.15, 0.2) is 48.5 Å². The zero-order chi connectivity index (χ0) is 20.5. The average Bonchev–Trinajstić information content (AvgIpc) is 2.68. The Morgan fingerprint density at radius 3 is 2.46 bits per heavy atom. The van der Waals surface area contributed by atoms with E-state index < -0.39 is 6.04 Å². The number of carbonyl (C=O) groups excluding carboxylic acids is 2. The van der Waals surface area contributed by atoms with E-state index in [0.717, 1.165) is 11.3 Å². The maximum absolute atomic E-state index is 12.9. The molecule has 0 saturated carbocycles. The van der Waals surface area contributed by atoms with Gasteiger partial charge >= 0.3 is 0 Å². The van der Waals surface area contributed by atoms with Crippen LogP contribution in [0.4, 0.5) is 0 Å². The molecule has 0 fully saturated rings. The van der Waals surface area contributed by atoms with Crippen LogP contribution < -0.4 is 5.32 Å². The Labute approximate surface area is 176 Å². The lowest BCUT2D eigenvalue weighted by Crippen LogP contribution is -2.48. The summed E-state index contributed by atoms with van der Waals surface area (Å²) in [5.41, 5.74) is 3.38. The van der Waals surface area contributed by atoms with E-state index in [-0.39, 0.29) is 11.8 Å². The zero-order valence-electron chi connectivity index (χ0n) is 16.6. The minimum Gasteiger partial charge on any atom is -0.355 e. The van der Waals surface area contributed by atoms with Gasteiger partial charge in [0.15, 0.2) is 0 Å². The van der Waals surface area contributed by atoms with E-state index in [4.69, 9.17) is 11.6 Å². The van der Waals surface area contributed by atoms with E-state index in [2.05, 4.69) is 24.4 Å². The summed E-state index contributed by atoms with van der Waals surface area (Å²) in [7, 11) is 0. The van der Waals surface area contributed by atoms with Gasteiger partial charge in [0.1, 0.15) is 6.04 Å². The molecule has 2 aromatic rings. The van der Waals surface area contributed by atoms with Crippen molar-refractivity contribution in [3.05, 3.63) is 70.2 Å². The van der Waals surface area contributed by atoms with Crippen LogP contribution in [-0.4, -0.2) is 35.1 Å². The topological polar surface area (TPSA) is 49.4 Å². The van der Waals surface area contributed by atoms with Gasteiger partial charge in [-0.05, 0) is 49.6 Å². The quantitative estimate of drug-likeness (QED) is 0.655. The molecule has 0 unspecified atom stereocenters. The third-order valence-electron chi connectivity index (χ3n) is 4.53. The van der Waals surface area contributed by atoms with Crippen LogP contribution in [0.25, 0.3) is 0 Å². The first-order valence-electron chi connectivity index (χ1n) is 9.36. The SMILES string of the molecule is CCNC(=O)[C@@H](C)N(Cc1ccc(Cl)cc1)C(=O)CSCc1ccccc1C. The molecule has 1 atom stereocenters. The summed E-state index contributed by atoms with van der Waals surface area (Å²) in [4.78, 5) is 26.9. The molecule has 0 aromatic heterocycles. The van der Waals surface area contributed by atoms with Crippen LogP contribution in [0, 0.1) is 6.92 Å². The molecule has 6 heteroatoms. The number of likely N-dealkylation sites (N-methyl/N-ethyl adjacent to an activating group) is 1. The summed E-state index contributed by atoms with van der Waals surface area (Å²) < 4.78 is 0. The van der Waals surface area contributed by atoms with Crippen molar-refractivity contribution < 1.29 is 9.59 Å². The first-order valence-corrected chi connectivity index (χ1v) is 10.9. The number of benzene rings is 2. The molecule has 0 spiro atoms. The van der Waals surface area contributed by atoms with Crippen LogP contribution in [-0.2, 0) is 21.9 Å². The van der Waals surface area contributed by atoms with Gasteiger partial charge in [0.2, 0.25) is 11.8 Å². The van der Waals surface area contributed by atoms with Crippen molar-refractivity contribution in [2.75, 3.05) is 12.3 Å². The first-order chi connectivity index (χ1) is 13.4. The number of rotatable bonds is 9. The summed E-state index contributed by atoms with van der Waals surface area (Å²) in [6.45, 7) is 6.62. The van der Waals surface area contributed by atoms with Gasteiger partial charge in [-0.15, -0.1) is 11.8 Å². The van der Waals surface area contributed by atoms with E-state index in [1.807, 2.05) is 31.2 Å². The predicted octanol–water partition coefficient (Wildman–Crippen LogP) is 4.44. The molecule has 2 aromatic carbocycles. The van der Waals surface area contributed by atoms with Crippen molar-refractivity contribution in [3.63, 3.8) is 0 Å². The number of aryl methyl sites for hydroxylation is 1. The molecule has 0 aliphatic carbocycles. The highest BCUT2D eigenvalue weighted by Gasteiger charge is 2.25. The van der Waals surface area contributed by atoms with Crippen molar-refractivity contribution in [3.8, 4) is 0 Å². The molecule has 2 amide bonds. The second-order valence-electron chi connectivity index (χ2n) is 6.64. The molecule has 0 radical (unpaired) electrons. The molecule has 0 aliphatic rings. The Hall–Kier alpha value is -1.98. The van der Waals surface area contributed by atoms with E-state index in [1.165, 1.54) is 11.1 Å². The fourth-order valence-electron chi connectivity index (χ4n) is 2.79. The molecule has 0 bridgehead atoms. The van der Waals surface area contributed by atoms with Crippen LogP contribution in [0.1, 0.15) is 30.5 Å². The smallest absolute Gasteiger partial charge is 0.242 e. The second kappa shape index (κ2) is 11.1. The Balaban J connectivity index is 2.05. The van der Waals surface area contributed by atoms with E-state index >= 15 is 0 Å². The molecule has 2 rings (SSSR count). The molecule has 0 heterocycles. The van der Waals surface area contributed by atoms with Gasteiger partial charge in [-0.1, -0.05) is 48.0 Å². The van der Waals surface area contributed by atoms with Crippen molar-refractivity contribution in [1.82, 2.24) is 10.2 Å². The minimum absolute atomic E-state index is 0.0488. The summed E-state index contributed by atoms with van der Waals surface area (Å²) in [6.07, 6.45) is 0. The maximum atomic E-state index is 12.9. The number of nitrogens with zero attached hydrogens (tertiary/aromatic N) is 1. The predicted molar refractivity (Wildman–Crippen MR) is 117 cm³/mol. The van der Waals surface area contributed by atoms with Gasteiger partial charge < -0.3 is 10.2 Å². The second-order valence-corrected chi connectivity index (χ2v) is 8.06. The summed E-state index contributed by atoms with van der Waals surface area (Å²) in [5.74, 6) is 0.898. The highest BCUT2D eigenvalue weighted by atomic mass is 35.5. The normalized spacial score (nSPS) is 11.7. The lowest BCUT2D eigenvalue weighted by Gasteiger charge is -2.28. The number of nitrogens with one attached hydrogen (secondary N) is 1. The zero-order valence-corrected chi connectivity index (χ0v) is 18.1. The summed E-state index contributed by atoms with van der Waals surface area (Å²) in [6, 6.07) is 15.0. The third kappa shape index (κ3) is 6.57. The molecule has 28 heavy (non-hydrogen) atoms. The van der Waals surface area contributed by atoms with Crippen LogP contribution in [0.3, 0.4) is 0 Å². The fraction of sp³-hybridized carbons (Fsp3) is 0.364. The largest absolute Gasteiger partial charge is 0.355 e. The van der Waals surface area contributed by atoms with E-state index in [9.17, 15) is 9.59 Å². The molecule has 150 valence electrons. The Kier molecular flexibility index (Phi) is 8.87. The maximum Gasteiger partial charge on any atom is 0.242 e. The molecule has 1 N–H and O–H groups in total. The number of hydrogen-bond acceptors (Lipinski definition) is 3. The number of carbonyl (C=O) groups is 2. The van der Waals surface area contributed by atoms with Gasteiger partial charge in [-0.25, -0.2) is 0 Å². The van der Waals surface area contributed by atoms with Crippen LogP contribution in [0.2, 0.25) is 5.02 Å². The lowest BCUT2D eigenvalue weighted by atomic mass is 10.1. The number of halogens is 1. The fourth-order valence-corrected chi connectivity index (χ4v) is 3.91. The van der Waals surface area contributed by atoms with E-state index in [0.29, 0.717) is 23.9 Å². The minimum atomic E-state index is -0.540. The first kappa shape index (κ1) is 22.3. The lowest BCUT2D eigenvalue weighted by molar-refractivity contribution is -0.138. The number of hydrogen-bond donors (Lipinski definition) is 1. The van der Waals surface area contributed by atoms with Crippen molar-refractivity contribution in [2.45, 2.75) is 39.1 Å². The van der Waals surface area contributed by atoms with Gasteiger partial charge in [0, 0.05) is 23.9 Å². The average molecular weight is 419 g/mol. The van der Waals surface area contributed by atoms with Gasteiger partial charge in [-0.2, -0.15) is 0 Å². The summed E-state index contributed by atoms with van der Waals surface area (Å²) >= 11 is 7.52. The highest BCUT2D eigenvalue weighted by molar-refractivity contribution is 7.99. The van der Waals surface area contributed by atoms with Crippen LogP contribution >= 0.6 is 23.4 Å².